The highest BCUT2D eigenvalue weighted by atomic mass is 32.1. The van der Waals surface area contributed by atoms with E-state index in [0.717, 1.165) is 23.0 Å². The number of pyridine rings is 1. The first-order valence-electron chi connectivity index (χ1n) is 6.58. The fourth-order valence-electron chi connectivity index (χ4n) is 2.24. The van der Waals surface area contributed by atoms with E-state index in [-0.39, 0.29) is 5.56 Å². The van der Waals surface area contributed by atoms with Crippen molar-refractivity contribution < 1.29 is 0 Å². The van der Waals surface area contributed by atoms with Crippen LogP contribution in [-0.2, 0) is 13.1 Å². The number of hydrogen-bond donors (Lipinski definition) is 2. The molecule has 0 amide bonds. The Bertz CT molecular complexity index is 775. The van der Waals surface area contributed by atoms with Gasteiger partial charge in [-0.3, -0.25) is 4.79 Å². The van der Waals surface area contributed by atoms with Gasteiger partial charge in [0.2, 0.25) is 0 Å². The minimum Gasteiger partial charge on any atom is -0.322 e. The van der Waals surface area contributed by atoms with Crippen LogP contribution in [0.5, 0.6) is 0 Å². The van der Waals surface area contributed by atoms with Crippen molar-refractivity contribution in [2.45, 2.75) is 20.0 Å². The van der Waals surface area contributed by atoms with Crippen molar-refractivity contribution in [2.75, 3.05) is 0 Å². The van der Waals surface area contributed by atoms with Gasteiger partial charge < -0.3 is 10.3 Å². The van der Waals surface area contributed by atoms with Crippen LogP contribution in [0.4, 0.5) is 0 Å². The fourth-order valence-corrected chi connectivity index (χ4v) is 2.91. The third kappa shape index (κ3) is 2.81. The highest BCUT2D eigenvalue weighted by Crippen LogP contribution is 2.13. The van der Waals surface area contributed by atoms with E-state index in [0.29, 0.717) is 6.54 Å². The lowest BCUT2D eigenvalue weighted by Gasteiger charge is -2.05. The molecule has 102 valence electrons. The van der Waals surface area contributed by atoms with Crippen LogP contribution in [0.15, 0.2) is 46.6 Å². The van der Waals surface area contributed by atoms with Crippen LogP contribution < -0.4 is 10.9 Å². The molecule has 0 aliphatic carbocycles. The number of H-pyrrole nitrogens is 1. The Morgan fingerprint density at radius 3 is 2.90 bits per heavy atom. The predicted molar refractivity (Wildman–Crippen MR) is 84.2 cm³/mol. The van der Waals surface area contributed by atoms with Crippen molar-refractivity contribution in [1.29, 1.82) is 0 Å². The molecule has 1 aromatic carbocycles. The molecule has 3 aromatic rings. The van der Waals surface area contributed by atoms with E-state index >= 15 is 0 Å². The maximum Gasteiger partial charge on any atom is 0.252 e. The standard InChI is InChI=1S/C16H16N2OS/c1-11-4-5-15-12(7-11)8-13(16(19)18-15)9-17-10-14-3-2-6-20-14/h2-8,17H,9-10H2,1H3,(H,18,19). The lowest BCUT2D eigenvalue weighted by atomic mass is 10.1. The fraction of sp³-hybridized carbons (Fsp3) is 0.188. The Morgan fingerprint density at radius 1 is 1.20 bits per heavy atom. The van der Waals surface area contributed by atoms with Crippen LogP contribution in [0, 0.1) is 6.92 Å². The number of nitrogens with one attached hydrogen (secondary N) is 2. The molecule has 3 nitrogen and oxygen atoms in total. The van der Waals surface area contributed by atoms with Crippen molar-refractivity contribution in [2.24, 2.45) is 0 Å². The summed E-state index contributed by atoms with van der Waals surface area (Å²) in [7, 11) is 0. The Kier molecular flexibility index (Phi) is 3.67. The van der Waals surface area contributed by atoms with Crippen molar-refractivity contribution in [3.8, 4) is 0 Å². The van der Waals surface area contributed by atoms with Crippen molar-refractivity contribution in [1.82, 2.24) is 10.3 Å². The summed E-state index contributed by atoms with van der Waals surface area (Å²) in [5.41, 5.74) is 2.85. The van der Waals surface area contributed by atoms with Gasteiger partial charge in [-0.1, -0.05) is 17.7 Å². The van der Waals surface area contributed by atoms with Gasteiger partial charge in [0.25, 0.3) is 5.56 Å². The largest absolute Gasteiger partial charge is 0.322 e. The maximum atomic E-state index is 12.0. The smallest absolute Gasteiger partial charge is 0.252 e. The molecule has 20 heavy (non-hydrogen) atoms. The van der Waals surface area contributed by atoms with Gasteiger partial charge in [0.1, 0.15) is 0 Å². The number of aromatic nitrogens is 1. The molecule has 0 unspecified atom stereocenters. The van der Waals surface area contributed by atoms with E-state index in [4.69, 9.17) is 0 Å². The SMILES string of the molecule is Cc1ccc2[nH]c(=O)c(CNCc3cccs3)cc2c1. The highest BCUT2D eigenvalue weighted by Gasteiger charge is 2.03. The van der Waals surface area contributed by atoms with Crippen molar-refractivity contribution >= 4 is 22.2 Å². The average Bonchev–Trinajstić information content (AvgIpc) is 2.93. The molecule has 0 saturated heterocycles. The number of thiophene rings is 1. The van der Waals surface area contributed by atoms with Gasteiger partial charge in [-0.15, -0.1) is 11.3 Å². The van der Waals surface area contributed by atoms with Gasteiger partial charge in [0.05, 0.1) is 0 Å². The lowest BCUT2D eigenvalue weighted by molar-refractivity contribution is 0.696. The summed E-state index contributed by atoms with van der Waals surface area (Å²) in [6.45, 7) is 3.43. The van der Waals surface area contributed by atoms with Gasteiger partial charge in [0.15, 0.2) is 0 Å². The van der Waals surface area contributed by atoms with Crippen LogP contribution in [0.25, 0.3) is 10.9 Å². The van der Waals surface area contributed by atoms with Crippen LogP contribution in [0.1, 0.15) is 16.0 Å². The molecule has 2 N–H and O–H groups in total. The molecule has 0 radical (unpaired) electrons. The third-order valence-electron chi connectivity index (χ3n) is 3.27. The van der Waals surface area contributed by atoms with E-state index in [1.165, 1.54) is 10.4 Å². The molecular formula is C16H16N2OS. The van der Waals surface area contributed by atoms with E-state index in [1.54, 1.807) is 11.3 Å². The topological polar surface area (TPSA) is 44.9 Å². The van der Waals surface area contributed by atoms with Gasteiger partial charge in [-0.05, 0) is 42.0 Å². The zero-order chi connectivity index (χ0) is 13.9. The van der Waals surface area contributed by atoms with Crippen LogP contribution in [0.3, 0.4) is 0 Å². The van der Waals surface area contributed by atoms with Gasteiger partial charge in [0, 0.05) is 29.0 Å². The molecule has 2 heterocycles. The molecule has 0 aliphatic heterocycles. The summed E-state index contributed by atoms with van der Waals surface area (Å²) in [6, 6.07) is 12.2. The second-order valence-electron chi connectivity index (χ2n) is 4.90. The zero-order valence-electron chi connectivity index (χ0n) is 11.3. The summed E-state index contributed by atoms with van der Waals surface area (Å²) in [4.78, 5) is 16.2. The second-order valence-corrected chi connectivity index (χ2v) is 5.93. The molecule has 0 fully saturated rings. The second kappa shape index (κ2) is 5.61. The molecule has 0 aliphatic rings. The first-order chi connectivity index (χ1) is 9.72. The maximum absolute atomic E-state index is 12.0. The summed E-state index contributed by atoms with van der Waals surface area (Å²) in [5, 5.41) is 6.45. The number of fused-ring (bicyclic) bond motifs is 1. The van der Waals surface area contributed by atoms with Gasteiger partial charge in [-0.2, -0.15) is 0 Å². The molecule has 0 spiro atoms. The monoisotopic (exact) mass is 284 g/mol. The number of rotatable bonds is 4. The molecular weight excluding hydrogens is 268 g/mol. The molecule has 0 atom stereocenters. The first-order valence-corrected chi connectivity index (χ1v) is 7.46. The van der Waals surface area contributed by atoms with Gasteiger partial charge >= 0.3 is 0 Å². The van der Waals surface area contributed by atoms with E-state index in [1.807, 2.05) is 24.3 Å². The minimum absolute atomic E-state index is 0.0139. The summed E-state index contributed by atoms with van der Waals surface area (Å²) >= 11 is 1.72. The number of benzene rings is 1. The van der Waals surface area contributed by atoms with Crippen LogP contribution >= 0.6 is 11.3 Å². The Balaban J connectivity index is 1.80. The van der Waals surface area contributed by atoms with Crippen LogP contribution in [-0.4, -0.2) is 4.98 Å². The number of hydrogen-bond acceptors (Lipinski definition) is 3. The van der Waals surface area contributed by atoms with Crippen LogP contribution in [0.2, 0.25) is 0 Å². The van der Waals surface area contributed by atoms with Gasteiger partial charge in [-0.25, -0.2) is 0 Å². The van der Waals surface area contributed by atoms with Crippen molar-refractivity contribution in [3.05, 3.63) is 68.1 Å². The van der Waals surface area contributed by atoms with E-state index in [2.05, 4.69) is 34.7 Å². The summed E-state index contributed by atoms with van der Waals surface area (Å²) < 4.78 is 0. The summed E-state index contributed by atoms with van der Waals surface area (Å²) in [5.74, 6) is 0. The number of aromatic amines is 1. The molecule has 0 saturated carbocycles. The Morgan fingerprint density at radius 2 is 2.10 bits per heavy atom. The Hall–Kier alpha value is -1.91. The molecule has 3 rings (SSSR count). The molecule has 0 bridgehead atoms. The average molecular weight is 284 g/mol. The first kappa shape index (κ1) is 13.1. The lowest BCUT2D eigenvalue weighted by Crippen LogP contribution is -2.20. The van der Waals surface area contributed by atoms with E-state index in [9.17, 15) is 4.79 Å². The zero-order valence-corrected chi connectivity index (χ0v) is 12.1. The molecule has 2 aromatic heterocycles. The molecule has 4 heteroatoms. The highest BCUT2D eigenvalue weighted by molar-refractivity contribution is 7.09. The summed E-state index contributed by atoms with van der Waals surface area (Å²) in [6.07, 6.45) is 0. The van der Waals surface area contributed by atoms with E-state index < -0.39 is 0 Å². The normalized spacial score (nSPS) is 11.1. The quantitative estimate of drug-likeness (QED) is 0.773. The third-order valence-corrected chi connectivity index (χ3v) is 4.15. The minimum atomic E-state index is -0.0139. The number of aryl methyl sites for hydroxylation is 1. The predicted octanol–water partition coefficient (Wildman–Crippen LogP) is 3.19. The van der Waals surface area contributed by atoms with Crippen molar-refractivity contribution in [3.63, 3.8) is 0 Å². The Labute approximate surface area is 121 Å².